The number of esters is 1. The van der Waals surface area contributed by atoms with Crippen molar-refractivity contribution in [1.82, 2.24) is 5.32 Å². The quantitative estimate of drug-likeness (QED) is 0.0195. The van der Waals surface area contributed by atoms with Gasteiger partial charge in [-0.05, 0) is 89.9 Å². The number of aliphatic hydroxyl groups is 5. The molecule has 11 nitrogen and oxygen atoms in total. The first kappa shape index (κ1) is 70.6. The Labute approximate surface area is 459 Å². The monoisotopic (exact) mass is 1060 g/mol. The number of ether oxygens (including phenoxy) is 3. The molecule has 7 unspecified atom stereocenters. The summed E-state index contributed by atoms with van der Waals surface area (Å²) in [5.74, 6) is -0.208. The van der Waals surface area contributed by atoms with E-state index in [1.807, 2.05) is 6.08 Å². The summed E-state index contributed by atoms with van der Waals surface area (Å²) in [5.41, 5.74) is 0. The van der Waals surface area contributed by atoms with Crippen molar-refractivity contribution in [2.45, 2.75) is 326 Å². The predicted molar refractivity (Wildman–Crippen MR) is 310 cm³/mol. The first-order valence-electron chi connectivity index (χ1n) is 31.4. The zero-order chi connectivity index (χ0) is 54.5. The predicted octanol–water partition coefficient (Wildman–Crippen LogP) is 14.8. The minimum absolute atomic E-state index is 0.0152. The molecule has 0 bridgehead atoms. The SMILES string of the molecule is CCCCC/C=C\CCCCCCCC(=O)OCCCCCCCCCCC/C=C\C/C=C\CCCCCCCCCC(=O)NC(COC1OC(CO)C(O)C(O)C1O)C(O)/C=C/CCCCCCCCCCCC. The second-order valence-corrected chi connectivity index (χ2v) is 21.8. The van der Waals surface area contributed by atoms with Gasteiger partial charge in [-0.15, -0.1) is 0 Å². The van der Waals surface area contributed by atoms with Gasteiger partial charge < -0.3 is 45.1 Å². The molecule has 1 heterocycles. The Morgan fingerprint density at radius 2 is 0.893 bits per heavy atom. The van der Waals surface area contributed by atoms with E-state index in [9.17, 15) is 35.1 Å². The number of carbonyl (C=O) groups excluding carboxylic acids is 2. The summed E-state index contributed by atoms with van der Waals surface area (Å²) < 4.78 is 16.7. The Kier molecular flexibility index (Phi) is 50.5. The zero-order valence-corrected chi connectivity index (χ0v) is 48.3. The zero-order valence-electron chi connectivity index (χ0n) is 48.3. The van der Waals surface area contributed by atoms with Crippen LogP contribution in [0.15, 0.2) is 48.6 Å². The van der Waals surface area contributed by atoms with Crippen molar-refractivity contribution < 1.29 is 49.3 Å². The molecule has 0 radical (unpaired) electrons. The van der Waals surface area contributed by atoms with Crippen LogP contribution in [0, 0.1) is 0 Å². The van der Waals surface area contributed by atoms with Gasteiger partial charge in [-0.1, -0.05) is 229 Å². The summed E-state index contributed by atoms with van der Waals surface area (Å²) in [5, 5.41) is 54.4. The molecule has 1 fully saturated rings. The molecule has 6 N–H and O–H groups in total. The Bertz CT molecular complexity index is 1390. The van der Waals surface area contributed by atoms with Crippen LogP contribution in [0.3, 0.4) is 0 Å². The summed E-state index contributed by atoms with van der Waals surface area (Å²) in [7, 11) is 0. The summed E-state index contributed by atoms with van der Waals surface area (Å²) >= 11 is 0. The summed E-state index contributed by atoms with van der Waals surface area (Å²) in [6.07, 6.45) is 57.8. The normalized spacial score (nSPS) is 19.1. The van der Waals surface area contributed by atoms with E-state index in [1.54, 1.807) is 6.08 Å². The van der Waals surface area contributed by atoms with E-state index in [4.69, 9.17) is 14.2 Å². The molecule has 1 rings (SSSR count). The Hall–Kier alpha value is -2.38. The molecule has 0 aromatic rings. The van der Waals surface area contributed by atoms with Crippen LogP contribution in [0.25, 0.3) is 0 Å². The van der Waals surface area contributed by atoms with E-state index < -0.39 is 49.5 Å². The fraction of sp³-hybridized carbons (Fsp3) is 0.844. The van der Waals surface area contributed by atoms with Crippen molar-refractivity contribution in [2.24, 2.45) is 0 Å². The summed E-state index contributed by atoms with van der Waals surface area (Å²) in [6.45, 7) is 4.30. The second-order valence-electron chi connectivity index (χ2n) is 21.8. The molecule has 11 heteroatoms. The van der Waals surface area contributed by atoms with Gasteiger partial charge in [0, 0.05) is 12.8 Å². The number of unbranched alkanes of at least 4 members (excludes halogenated alkanes) is 34. The number of hydrogen-bond donors (Lipinski definition) is 6. The van der Waals surface area contributed by atoms with E-state index in [2.05, 4.69) is 55.6 Å². The highest BCUT2D eigenvalue weighted by Crippen LogP contribution is 2.23. The summed E-state index contributed by atoms with van der Waals surface area (Å²) in [6, 6.07) is -0.818. The number of carbonyl (C=O) groups is 2. The van der Waals surface area contributed by atoms with E-state index in [1.165, 1.54) is 173 Å². The maximum absolute atomic E-state index is 13.0. The van der Waals surface area contributed by atoms with Crippen molar-refractivity contribution in [3.05, 3.63) is 48.6 Å². The third kappa shape index (κ3) is 43.2. The number of amides is 1. The minimum Gasteiger partial charge on any atom is -0.466 e. The smallest absolute Gasteiger partial charge is 0.305 e. The Morgan fingerprint density at radius 1 is 0.493 bits per heavy atom. The standard InChI is InChI=1S/C64H117NO10/c1-3-5-7-9-11-13-15-30-34-38-42-46-50-57(67)56(55-74-64-63(72)62(71)61(70)58(54-66)75-64)65-59(68)51-47-43-39-35-31-28-26-24-22-20-18-17-19-21-23-25-27-29-33-37-41-45-49-53-73-60(69)52-48-44-40-36-32-16-14-12-10-8-6-4-2/h12,14,17,19-20,22,46,50,56-58,61-64,66-67,70-72H,3-11,13,15-16,18,21,23-45,47-49,51-55H2,1-2H3,(H,65,68)/b14-12-,19-17-,22-20-,50-46+. The fourth-order valence-corrected chi connectivity index (χ4v) is 9.64. The lowest BCUT2D eigenvalue weighted by Crippen LogP contribution is -2.60. The number of rotatable bonds is 54. The van der Waals surface area contributed by atoms with Crippen LogP contribution < -0.4 is 5.32 Å². The second kappa shape index (κ2) is 53.6. The van der Waals surface area contributed by atoms with Gasteiger partial charge in [0.1, 0.15) is 24.4 Å². The van der Waals surface area contributed by atoms with Crippen molar-refractivity contribution in [2.75, 3.05) is 19.8 Å². The molecule has 1 saturated heterocycles. The number of hydrogen-bond acceptors (Lipinski definition) is 10. The van der Waals surface area contributed by atoms with Gasteiger partial charge in [-0.3, -0.25) is 9.59 Å². The van der Waals surface area contributed by atoms with Gasteiger partial charge >= 0.3 is 5.97 Å². The van der Waals surface area contributed by atoms with Crippen LogP contribution >= 0.6 is 0 Å². The van der Waals surface area contributed by atoms with Gasteiger partial charge in [0.05, 0.1) is 32.0 Å². The van der Waals surface area contributed by atoms with Crippen molar-refractivity contribution in [1.29, 1.82) is 0 Å². The molecule has 0 aromatic carbocycles. The highest BCUT2D eigenvalue weighted by Gasteiger charge is 2.44. The maximum atomic E-state index is 13.0. The van der Waals surface area contributed by atoms with E-state index in [0.29, 0.717) is 19.4 Å². The molecular formula is C64H117NO10. The van der Waals surface area contributed by atoms with Gasteiger partial charge in [0.2, 0.25) is 5.91 Å². The highest BCUT2D eigenvalue weighted by atomic mass is 16.7. The van der Waals surface area contributed by atoms with Crippen molar-refractivity contribution in [3.63, 3.8) is 0 Å². The fourth-order valence-electron chi connectivity index (χ4n) is 9.64. The van der Waals surface area contributed by atoms with Gasteiger partial charge in [-0.25, -0.2) is 0 Å². The lowest BCUT2D eigenvalue weighted by Gasteiger charge is -2.40. The number of aliphatic hydroxyl groups excluding tert-OH is 5. The third-order valence-electron chi connectivity index (χ3n) is 14.7. The number of allylic oxidation sites excluding steroid dienone is 7. The van der Waals surface area contributed by atoms with Crippen LogP contribution in [0.4, 0.5) is 0 Å². The first-order valence-corrected chi connectivity index (χ1v) is 31.4. The molecule has 1 amide bonds. The molecule has 0 saturated carbocycles. The number of nitrogens with one attached hydrogen (secondary N) is 1. The lowest BCUT2D eigenvalue weighted by atomic mass is 9.99. The van der Waals surface area contributed by atoms with E-state index in [0.717, 1.165) is 83.5 Å². The van der Waals surface area contributed by atoms with E-state index >= 15 is 0 Å². The molecule has 0 spiro atoms. The molecule has 1 aliphatic rings. The van der Waals surface area contributed by atoms with Gasteiger partial charge in [0.25, 0.3) is 0 Å². The molecular weight excluding hydrogens is 943 g/mol. The van der Waals surface area contributed by atoms with Gasteiger partial charge in [0.15, 0.2) is 6.29 Å². The van der Waals surface area contributed by atoms with Crippen molar-refractivity contribution >= 4 is 11.9 Å². The maximum Gasteiger partial charge on any atom is 0.305 e. The third-order valence-corrected chi connectivity index (χ3v) is 14.7. The molecule has 1 aliphatic heterocycles. The largest absolute Gasteiger partial charge is 0.466 e. The van der Waals surface area contributed by atoms with Crippen LogP contribution in [0.1, 0.15) is 284 Å². The Morgan fingerprint density at radius 3 is 1.39 bits per heavy atom. The molecule has 7 atom stereocenters. The molecule has 75 heavy (non-hydrogen) atoms. The van der Waals surface area contributed by atoms with Crippen LogP contribution in [-0.2, 0) is 23.8 Å². The summed E-state index contributed by atoms with van der Waals surface area (Å²) in [4.78, 5) is 25.1. The molecule has 0 aliphatic carbocycles. The molecule has 438 valence electrons. The Balaban J connectivity index is 2.07. The minimum atomic E-state index is -1.57. The van der Waals surface area contributed by atoms with Crippen LogP contribution in [0.2, 0.25) is 0 Å². The van der Waals surface area contributed by atoms with E-state index in [-0.39, 0.29) is 18.5 Å². The van der Waals surface area contributed by atoms with Gasteiger partial charge in [-0.2, -0.15) is 0 Å². The topological polar surface area (TPSA) is 175 Å². The van der Waals surface area contributed by atoms with Crippen molar-refractivity contribution in [3.8, 4) is 0 Å². The lowest BCUT2D eigenvalue weighted by molar-refractivity contribution is -0.302. The molecule has 0 aromatic heterocycles. The first-order chi connectivity index (χ1) is 36.7. The average Bonchev–Trinajstić information content (AvgIpc) is 3.41. The highest BCUT2D eigenvalue weighted by molar-refractivity contribution is 5.76. The average molecular weight is 1060 g/mol. The van der Waals surface area contributed by atoms with Crippen LogP contribution in [-0.4, -0.2) is 100 Å². The van der Waals surface area contributed by atoms with Crippen LogP contribution in [0.5, 0.6) is 0 Å².